The summed E-state index contributed by atoms with van der Waals surface area (Å²) < 4.78 is 2.62. The Bertz CT molecular complexity index is 2340. The minimum Gasteiger partial charge on any atom is -0.305 e. The maximum Gasteiger partial charge on any atom is 0.0799 e. The van der Waals surface area contributed by atoms with Crippen molar-refractivity contribution in [2.45, 2.75) is 77.9 Å². The third-order valence-electron chi connectivity index (χ3n) is 11.7. The van der Waals surface area contributed by atoms with Crippen LogP contribution in [-0.4, -0.2) is 18.0 Å². The minimum absolute atomic E-state index is 0. The zero-order valence-corrected chi connectivity index (χ0v) is 36.4. The Morgan fingerprint density at radius 1 is 0.796 bits per heavy atom. The average Bonchev–Trinajstić information content (AvgIpc) is 3.58. The van der Waals surface area contributed by atoms with Gasteiger partial charge in [-0.2, -0.15) is 11.3 Å². The molecule has 277 valence electrons. The maximum absolute atomic E-state index is 4.83. The summed E-state index contributed by atoms with van der Waals surface area (Å²) in [6.07, 6.45) is 12.6. The summed E-state index contributed by atoms with van der Waals surface area (Å²) in [6, 6.07) is 43.4. The fourth-order valence-corrected chi connectivity index (χ4v) is 11.8. The second-order valence-electron chi connectivity index (χ2n) is 16.6. The zero-order valence-electron chi connectivity index (χ0n) is 32.2. The normalized spacial score (nSPS) is 18.0. The molecular formula is C49H50IrN2SSi-2. The van der Waals surface area contributed by atoms with Gasteiger partial charge in [0, 0.05) is 37.2 Å². The van der Waals surface area contributed by atoms with Crippen LogP contribution in [0.3, 0.4) is 0 Å². The fourth-order valence-electron chi connectivity index (χ4n) is 8.92. The molecule has 7 aromatic rings. The van der Waals surface area contributed by atoms with E-state index in [4.69, 9.17) is 4.98 Å². The smallest absolute Gasteiger partial charge is 0.0799 e. The SMILES string of the molecule is CC(C)c1cc(-c2[c-]cccc2)ncc1[Si](C)(C)C.[Ir].[c-]1ccc2c(sc3cccc(-c4ccccc4)c32)c1-c1cc(CC2CC3CCC2CC3)ccn1. The Hall–Kier alpha value is -3.73. The van der Waals surface area contributed by atoms with E-state index in [0.717, 1.165) is 40.3 Å². The molecule has 3 aliphatic rings. The van der Waals surface area contributed by atoms with Gasteiger partial charge in [-0.3, -0.25) is 0 Å². The van der Waals surface area contributed by atoms with E-state index in [1.54, 1.807) is 0 Å². The fraction of sp³-hybridized carbons (Fsp3) is 0.306. The molecule has 2 nitrogen and oxygen atoms in total. The summed E-state index contributed by atoms with van der Waals surface area (Å²) in [5.41, 5.74) is 9.78. The molecule has 3 aliphatic carbocycles. The van der Waals surface area contributed by atoms with Crippen LogP contribution in [0.4, 0.5) is 0 Å². The Morgan fingerprint density at radius 3 is 2.30 bits per heavy atom. The summed E-state index contributed by atoms with van der Waals surface area (Å²) in [6.45, 7) is 11.7. The first-order chi connectivity index (χ1) is 25.7. The van der Waals surface area contributed by atoms with Crippen molar-refractivity contribution in [3.05, 3.63) is 139 Å². The number of aromatic nitrogens is 2. The van der Waals surface area contributed by atoms with Gasteiger partial charge in [0.1, 0.15) is 0 Å². The van der Waals surface area contributed by atoms with Crippen molar-refractivity contribution < 1.29 is 20.1 Å². The first kappa shape index (κ1) is 38.5. The predicted molar refractivity (Wildman–Crippen MR) is 230 cm³/mol. The molecule has 54 heavy (non-hydrogen) atoms. The standard InChI is InChI=1S/C32H28NS.C17H22NSi.Ir/c1-2-6-24(7-3-1)26-8-5-11-30-31(26)28-10-4-9-27(32(28)34-30)29-20-22(16-17-33-29)19-25-18-21-12-14-23(25)15-13-21;1-13(2)15-11-16(14-9-7-6-8-10-14)18-12-17(15)19(3,4)5;/h1-8,10-11,16-17,20-21,23,25H,12-15,18-19H2;6-9,11-13H,1-5H3;/q2*-1;. The Kier molecular flexibility index (Phi) is 11.8. The minimum atomic E-state index is -1.34. The molecule has 10 rings (SSSR count). The Labute approximate surface area is 340 Å². The van der Waals surface area contributed by atoms with Crippen molar-refractivity contribution in [2.24, 2.45) is 17.8 Å². The van der Waals surface area contributed by atoms with Gasteiger partial charge in [-0.05, 0) is 99.3 Å². The Balaban J connectivity index is 0.000000193. The van der Waals surface area contributed by atoms with Crippen molar-refractivity contribution in [1.29, 1.82) is 0 Å². The molecule has 0 spiro atoms. The van der Waals surface area contributed by atoms with E-state index in [0.29, 0.717) is 5.92 Å². The summed E-state index contributed by atoms with van der Waals surface area (Å²) in [7, 11) is -1.34. The molecular weight excluding hydrogens is 869 g/mol. The summed E-state index contributed by atoms with van der Waals surface area (Å²) in [5.74, 6) is 3.32. The molecule has 0 aliphatic heterocycles. The number of nitrogens with zero attached hydrogens (tertiary/aromatic N) is 2. The number of fused-ring (bicyclic) bond motifs is 6. The summed E-state index contributed by atoms with van der Waals surface area (Å²) in [5, 5.41) is 4.13. The van der Waals surface area contributed by atoms with E-state index < -0.39 is 8.07 Å². The van der Waals surface area contributed by atoms with Crippen molar-refractivity contribution in [1.82, 2.24) is 9.97 Å². The van der Waals surface area contributed by atoms with Crippen molar-refractivity contribution >= 4 is 44.8 Å². The van der Waals surface area contributed by atoms with E-state index in [-0.39, 0.29) is 20.1 Å². The number of thiophene rings is 1. The third-order valence-corrected chi connectivity index (χ3v) is 14.9. The largest absolute Gasteiger partial charge is 0.305 e. The quantitative estimate of drug-likeness (QED) is 0.118. The van der Waals surface area contributed by atoms with Crippen LogP contribution in [0, 0.1) is 29.9 Å². The molecule has 1 unspecified atom stereocenters. The van der Waals surface area contributed by atoms with Gasteiger partial charge in [-0.1, -0.05) is 117 Å². The maximum atomic E-state index is 4.83. The number of pyridine rings is 2. The van der Waals surface area contributed by atoms with E-state index in [1.807, 2.05) is 35.7 Å². The average molecular weight is 919 g/mol. The first-order valence-corrected chi connectivity index (χ1v) is 23.9. The van der Waals surface area contributed by atoms with Crippen molar-refractivity contribution in [3.8, 4) is 33.6 Å². The van der Waals surface area contributed by atoms with Gasteiger partial charge in [0.05, 0.1) is 8.07 Å². The number of rotatable bonds is 7. The molecule has 4 aromatic carbocycles. The molecule has 3 heterocycles. The van der Waals surface area contributed by atoms with E-state index >= 15 is 0 Å². The number of benzene rings is 4. The van der Waals surface area contributed by atoms with Gasteiger partial charge in [-0.25, -0.2) is 0 Å². The van der Waals surface area contributed by atoms with Gasteiger partial charge in [-0.15, -0.1) is 59.7 Å². The van der Waals surface area contributed by atoms with Crippen LogP contribution < -0.4 is 5.19 Å². The van der Waals surface area contributed by atoms with Crippen LogP contribution in [0.5, 0.6) is 0 Å². The molecule has 0 N–H and O–H groups in total. The molecule has 5 heteroatoms. The van der Waals surface area contributed by atoms with Gasteiger partial charge in [0.2, 0.25) is 0 Å². The van der Waals surface area contributed by atoms with Gasteiger partial charge in [0.25, 0.3) is 0 Å². The van der Waals surface area contributed by atoms with Gasteiger partial charge < -0.3 is 9.97 Å². The van der Waals surface area contributed by atoms with Crippen LogP contribution in [0.2, 0.25) is 19.6 Å². The number of hydrogen-bond acceptors (Lipinski definition) is 3. The predicted octanol–water partition coefficient (Wildman–Crippen LogP) is 13.2. The van der Waals surface area contributed by atoms with E-state index in [1.165, 1.54) is 86.1 Å². The van der Waals surface area contributed by atoms with Crippen LogP contribution in [-0.2, 0) is 26.5 Å². The first-order valence-electron chi connectivity index (χ1n) is 19.6. The van der Waals surface area contributed by atoms with E-state index in [9.17, 15) is 0 Å². The molecule has 0 saturated heterocycles. The molecule has 1 atom stereocenters. The van der Waals surface area contributed by atoms with Crippen LogP contribution in [0.1, 0.15) is 63.0 Å². The molecule has 3 fully saturated rings. The van der Waals surface area contributed by atoms with Crippen LogP contribution in [0.15, 0.2) is 116 Å². The van der Waals surface area contributed by atoms with Crippen molar-refractivity contribution in [2.75, 3.05) is 0 Å². The van der Waals surface area contributed by atoms with Gasteiger partial charge in [0.15, 0.2) is 0 Å². The third kappa shape index (κ3) is 8.12. The van der Waals surface area contributed by atoms with Gasteiger partial charge >= 0.3 is 0 Å². The van der Waals surface area contributed by atoms with Crippen molar-refractivity contribution in [3.63, 3.8) is 0 Å². The molecule has 2 bridgehead atoms. The summed E-state index contributed by atoms with van der Waals surface area (Å²) >= 11 is 1.87. The number of hydrogen-bond donors (Lipinski definition) is 0. The summed E-state index contributed by atoms with van der Waals surface area (Å²) in [4.78, 5) is 9.49. The molecule has 1 radical (unpaired) electrons. The molecule has 3 aromatic heterocycles. The molecule has 0 amide bonds. The monoisotopic (exact) mass is 919 g/mol. The topological polar surface area (TPSA) is 25.8 Å². The second kappa shape index (κ2) is 16.6. The zero-order chi connectivity index (χ0) is 36.5. The van der Waals surface area contributed by atoms with Crippen LogP contribution >= 0.6 is 11.3 Å². The second-order valence-corrected chi connectivity index (χ2v) is 22.7. The molecule has 3 saturated carbocycles. The van der Waals surface area contributed by atoms with E-state index in [2.05, 4.69) is 142 Å². The Morgan fingerprint density at radius 2 is 1.59 bits per heavy atom. The van der Waals surface area contributed by atoms with Crippen LogP contribution in [0.25, 0.3) is 53.8 Å².